The quantitative estimate of drug-likeness (QED) is 0.514. The van der Waals surface area contributed by atoms with Crippen LogP contribution >= 0.6 is 23.5 Å². The summed E-state index contributed by atoms with van der Waals surface area (Å²) >= 11 is 3.59. The van der Waals surface area contributed by atoms with Crippen molar-refractivity contribution in [3.63, 3.8) is 0 Å². The van der Waals surface area contributed by atoms with E-state index < -0.39 is 0 Å². The van der Waals surface area contributed by atoms with Gasteiger partial charge in [-0.25, -0.2) is 0 Å². The first-order valence-corrected chi connectivity index (χ1v) is 8.55. The van der Waals surface area contributed by atoms with Crippen LogP contribution in [0.5, 0.6) is 0 Å². The molecule has 0 N–H and O–H groups in total. The molecule has 2 aromatic rings. The van der Waals surface area contributed by atoms with Gasteiger partial charge in [0.2, 0.25) is 0 Å². The van der Waals surface area contributed by atoms with Gasteiger partial charge in [-0.15, -0.1) is 11.8 Å². The van der Waals surface area contributed by atoms with Gasteiger partial charge in [0, 0.05) is 25.0 Å². The van der Waals surface area contributed by atoms with E-state index in [-0.39, 0.29) is 10.5 Å². The second kappa shape index (κ2) is 6.71. The van der Waals surface area contributed by atoms with Gasteiger partial charge in [-0.1, -0.05) is 44.7 Å². The molecule has 110 valence electrons. The van der Waals surface area contributed by atoms with E-state index in [1.165, 1.54) is 9.79 Å². The molecule has 2 aromatic carbocycles. The summed E-state index contributed by atoms with van der Waals surface area (Å²) < 4.78 is 0.233. The van der Waals surface area contributed by atoms with Crippen LogP contribution in [0, 0.1) is 0 Å². The van der Waals surface area contributed by atoms with Crippen molar-refractivity contribution >= 4 is 29.3 Å². The topological polar surface area (TPSA) is 17.1 Å². The molecule has 0 bridgehead atoms. The molecule has 0 saturated carbocycles. The van der Waals surface area contributed by atoms with Crippen molar-refractivity contribution in [3.05, 3.63) is 54.1 Å². The molecule has 0 aromatic heterocycles. The number of carbonyl (C=O) groups is 1. The van der Waals surface area contributed by atoms with Crippen LogP contribution in [-0.2, 0) is 0 Å². The average molecular weight is 316 g/mol. The first-order chi connectivity index (χ1) is 9.83. The Morgan fingerprint density at radius 1 is 0.810 bits per heavy atom. The predicted molar refractivity (Wildman–Crippen MR) is 92.6 cm³/mol. The number of carbonyl (C=O) groups excluding carboxylic acids is 1. The van der Waals surface area contributed by atoms with Gasteiger partial charge >= 0.3 is 0 Å². The van der Waals surface area contributed by atoms with Crippen molar-refractivity contribution in [2.75, 3.05) is 0 Å². The van der Waals surface area contributed by atoms with E-state index in [0.29, 0.717) is 0 Å². The monoisotopic (exact) mass is 316 g/mol. The highest BCUT2D eigenvalue weighted by molar-refractivity contribution is 8.00. The molecule has 0 fully saturated rings. The Morgan fingerprint density at radius 3 is 1.67 bits per heavy atom. The van der Waals surface area contributed by atoms with E-state index in [1.54, 1.807) is 18.7 Å². The van der Waals surface area contributed by atoms with Crippen LogP contribution < -0.4 is 0 Å². The van der Waals surface area contributed by atoms with Gasteiger partial charge in [-0.05, 0) is 43.3 Å². The highest BCUT2D eigenvalue weighted by Crippen LogP contribution is 2.34. The molecule has 1 nitrogen and oxygen atoms in total. The minimum atomic E-state index is 0.107. The lowest BCUT2D eigenvalue weighted by atomic mass is 10.2. The largest absolute Gasteiger partial charge is 0.295 e. The summed E-state index contributed by atoms with van der Waals surface area (Å²) in [5.74, 6) is 0.107. The van der Waals surface area contributed by atoms with Crippen LogP contribution in [0.2, 0.25) is 0 Å². The van der Waals surface area contributed by atoms with Gasteiger partial charge in [-0.3, -0.25) is 4.79 Å². The Kier molecular flexibility index (Phi) is 5.17. The van der Waals surface area contributed by atoms with Crippen molar-refractivity contribution in [2.45, 2.75) is 47.1 Å². The van der Waals surface area contributed by atoms with Gasteiger partial charge in [0.1, 0.15) is 0 Å². The van der Waals surface area contributed by atoms with Crippen LogP contribution in [0.4, 0.5) is 0 Å². The number of hydrogen-bond acceptors (Lipinski definition) is 3. The molecular formula is C18H20OS2. The Balaban J connectivity index is 2.04. The minimum absolute atomic E-state index is 0.107. The maximum atomic E-state index is 11.3. The van der Waals surface area contributed by atoms with E-state index in [1.807, 2.05) is 36.0 Å². The number of ketones is 1. The van der Waals surface area contributed by atoms with E-state index in [0.717, 1.165) is 10.5 Å². The van der Waals surface area contributed by atoms with Crippen molar-refractivity contribution in [1.82, 2.24) is 0 Å². The highest BCUT2D eigenvalue weighted by Gasteiger charge is 2.11. The predicted octanol–water partition coefficient (Wildman–Crippen LogP) is 5.93. The summed E-state index contributed by atoms with van der Waals surface area (Å²) in [5.41, 5.74) is 0.760. The fourth-order valence-electron chi connectivity index (χ4n) is 1.82. The number of benzene rings is 2. The third-order valence-electron chi connectivity index (χ3n) is 2.74. The zero-order chi connectivity index (χ0) is 15.5. The van der Waals surface area contributed by atoms with Gasteiger partial charge < -0.3 is 0 Å². The summed E-state index contributed by atoms with van der Waals surface area (Å²) in [4.78, 5) is 14.9. The fourth-order valence-corrected chi connectivity index (χ4v) is 3.62. The second-order valence-corrected chi connectivity index (χ2v) is 8.92. The average Bonchev–Trinajstić information content (AvgIpc) is 2.40. The number of Topliss-reactive ketones (excluding diaryl/α,β-unsaturated/α-hetero) is 1. The molecule has 0 saturated heterocycles. The van der Waals surface area contributed by atoms with E-state index >= 15 is 0 Å². The Labute approximate surface area is 135 Å². The van der Waals surface area contributed by atoms with E-state index in [4.69, 9.17) is 0 Å². The number of rotatable bonds is 4. The Bertz CT molecular complexity index is 607. The maximum Gasteiger partial charge on any atom is 0.159 e. The summed E-state index contributed by atoms with van der Waals surface area (Å²) in [6.45, 7) is 8.25. The van der Waals surface area contributed by atoms with Crippen LogP contribution in [0.3, 0.4) is 0 Å². The SMILES string of the molecule is CC(=O)c1ccc(Sc2ccc(SC(C)(C)C)cc2)cc1. The van der Waals surface area contributed by atoms with Crippen LogP contribution in [-0.4, -0.2) is 10.5 Å². The molecule has 2 rings (SSSR count). The Hall–Kier alpha value is -1.19. The molecule has 0 radical (unpaired) electrons. The second-order valence-electron chi connectivity index (χ2n) is 5.87. The van der Waals surface area contributed by atoms with Gasteiger partial charge in [0.05, 0.1) is 0 Å². The van der Waals surface area contributed by atoms with Gasteiger partial charge in [-0.2, -0.15) is 0 Å². The van der Waals surface area contributed by atoms with Crippen LogP contribution in [0.1, 0.15) is 38.1 Å². The highest BCUT2D eigenvalue weighted by atomic mass is 32.2. The molecule has 0 spiro atoms. The number of thioether (sulfide) groups is 1. The van der Waals surface area contributed by atoms with Gasteiger partial charge in [0.15, 0.2) is 5.78 Å². The standard InChI is InChI=1S/C18H20OS2/c1-13(19)14-5-7-15(8-6-14)20-16-9-11-17(12-10-16)21-18(2,3)4/h5-12H,1-4H3. The zero-order valence-corrected chi connectivity index (χ0v) is 14.5. The molecule has 0 heterocycles. The summed E-state index contributed by atoms with van der Waals surface area (Å²) in [6.07, 6.45) is 0. The molecule has 0 aliphatic heterocycles. The summed E-state index contributed by atoms with van der Waals surface area (Å²) in [5, 5.41) is 0. The molecule has 21 heavy (non-hydrogen) atoms. The molecule has 0 aliphatic carbocycles. The fraction of sp³-hybridized carbons (Fsp3) is 0.278. The molecule has 0 aliphatic rings. The maximum absolute atomic E-state index is 11.3. The normalized spacial score (nSPS) is 11.4. The van der Waals surface area contributed by atoms with Crippen LogP contribution in [0.25, 0.3) is 0 Å². The van der Waals surface area contributed by atoms with Crippen molar-refractivity contribution in [3.8, 4) is 0 Å². The lowest BCUT2D eigenvalue weighted by molar-refractivity contribution is 0.101. The first kappa shape index (κ1) is 16.2. The van der Waals surface area contributed by atoms with E-state index in [9.17, 15) is 4.79 Å². The molecule has 0 atom stereocenters. The van der Waals surface area contributed by atoms with Crippen molar-refractivity contribution < 1.29 is 4.79 Å². The smallest absolute Gasteiger partial charge is 0.159 e. The van der Waals surface area contributed by atoms with Crippen molar-refractivity contribution in [1.29, 1.82) is 0 Å². The van der Waals surface area contributed by atoms with Gasteiger partial charge in [0.25, 0.3) is 0 Å². The lowest BCUT2D eigenvalue weighted by Gasteiger charge is -2.17. The minimum Gasteiger partial charge on any atom is -0.295 e. The van der Waals surface area contributed by atoms with Crippen LogP contribution in [0.15, 0.2) is 63.2 Å². The molecule has 0 unspecified atom stereocenters. The first-order valence-electron chi connectivity index (χ1n) is 6.91. The van der Waals surface area contributed by atoms with Crippen molar-refractivity contribution in [2.24, 2.45) is 0 Å². The summed E-state index contributed by atoms with van der Waals surface area (Å²) in [7, 11) is 0. The summed E-state index contributed by atoms with van der Waals surface area (Å²) in [6, 6.07) is 16.4. The third-order valence-corrected chi connectivity index (χ3v) is 4.88. The Morgan fingerprint density at radius 2 is 1.24 bits per heavy atom. The third kappa shape index (κ3) is 5.25. The van der Waals surface area contributed by atoms with E-state index in [2.05, 4.69) is 45.0 Å². The zero-order valence-electron chi connectivity index (χ0n) is 12.8. The lowest BCUT2D eigenvalue weighted by Crippen LogP contribution is -2.06. The molecule has 0 amide bonds. The molecular weight excluding hydrogens is 296 g/mol. The number of hydrogen-bond donors (Lipinski definition) is 0. The molecule has 3 heteroatoms.